The van der Waals surface area contributed by atoms with Gasteiger partial charge in [0.05, 0.1) is 0 Å². The van der Waals surface area contributed by atoms with Crippen molar-refractivity contribution in [1.29, 1.82) is 0 Å². The lowest BCUT2D eigenvalue weighted by Crippen LogP contribution is -2.77. The summed E-state index contributed by atoms with van der Waals surface area (Å²) in [5.41, 5.74) is 25.7. The van der Waals surface area contributed by atoms with Crippen molar-refractivity contribution in [3.8, 4) is 44.5 Å². The average molecular weight is 781 g/mol. The first kappa shape index (κ1) is 33.2. The smallest absolute Gasteiger partial charge is 0.332 e. The topological polar surface area (TPSA) is 8.17 Å². The zero-order valence-electron chi connectivity index (χ0n) is 34.5. The molecule has 0 atom stereocenters. The van der Waals surface area contributed by atoms with Crippen molar-refractivity contribution in [2.75, 3.05) is 4.90 Å². The highest BCUT2D eigenvalue weighted by Crippen LogP contribution is 2.56. The number of aromatic nitrogens is 1. The maximum atomic E-state index is 2.83. The number of rotatable bonds is 1. The van der Waals surface area contributed by atoms with Crippen molar-refractivity contribution in [3.63, 3.8) is 0 Å². The zero-order chi connectivity index (χ0) is 40.0. The first-order chi connectivity index (χ1) is 29.3. The summed E-state index contributed by atoms with van der Waals surface area (Å²) in [6.45, 7) is 11.7. The number of benzene rings is 8. The van der Waals surface area contributed by atoms with Gasteiger partial charge in [0.25, 0.3) is 0 Å². The van der Waals surface area contributed by atoms with E-state index in [1.54, 1.807) is 0 Å². The van der Waals surface area contributed by atoms with E-state index in [1.165, 1.54) is 132 Å². The van der Waals surface area contributed by atoms with Crippen molar-refractivity contribution in [3.05, 3.63) is 186 Å². The molecule has 9 aromatic rings. The average Bonchev–Trinajstić information content (AvgIpc) is 3.85. The Hall–Kier alpha value is -6.62. The van der Waals surface area contributed by atoms with Gasteiger partial charge in [-0.15, -0.1) is 0 Å². The van der Waals surface area contributed by atoms with E-state index in [0.29, 0.717) is 0 Å². The first-order valence-corrected chi connectivity index (χ1v) is 23.6. The van der Waals surface area contributed by atoms with E-state index in [2.05, 4.69) is 202 Å². The molecule has 0 saturated heterocycles. The standard InChI is InChI=1S/C56H41BN2Si/c1-32-28-33(2)50(34(3)29-32)35-30-41-38-19-14-20-40-51-39-18-6-9-21-42(39)56(4,5)55(51)59(53(38)40)57-43-22-15-27-49-54(43)58(45(31-35)52(41)57)44-23-10-13-26-48(44)60(49)46-24-11-7-16-36(46)37-17-8-12-25-47(37)60/h6-31H,1-5H3. The van der Waals surface area contributed by atoms with Gasteiger partial charge in [0.15, 0.2) is 8.07 Å². The van der Waals surface area contributed by atoms with E-state index < -0.39 is 8.07 Å². The molecule has 0 unspecified atom stereocenters. The summed E-state index contributed by atoms with van der Waals surface area (Å²) in [4.78, 5) is 2.72. The van der Waals surface area contributed by atoms with Crippen molar-refractivity contribution in [1.82, 2.24) is 4.48 Å². The summed E-state index contributed by atoms with van der Waals surface area (Å²) >= 11 is 0. The molecule has 4 heteroatoms. The third kappa shape index (κ3) is 3.64. The lowest BCUT2D eigenvalue weighted by Gasteiger charge is -2.49. The van der Waals surface area contributed by atoms with Crippen LogP contribution >= 0.6 is 0 Å². The minimum absolute atomic E-state index is 0.00611. The fraction of sp³-hybridized carbons (Fsp3) is 0.107. The van der Waals surface area contributed by atoms with Crippen molar-refractivity contribution < 1.29 is 0 Å². The van der Waals surface area contributed by atoms with Crippen LogP contribution in [0.15, 0.2) is 158 Å². The molecule has 0 saturated carbocycles. The Morgan fingerprint density at radius 3 is 1.88 bits per heavy atom. The number of hydrogen-bond donors (Lipinski definition) is 0. The Balaban J connectivity index is 1.19. The molecule has 5 aliphatic rings. The lowest BCUT2D eigenvalue weighted by atomic mass is 9.44. The van der Waals surface area contributed by atoms with Crippen LogP contribution in [0.25, 0.3) is 55.4 Å². The largest absolute Gasteiger partial charge is 0.378 e. The maximum Gasteiger partial charge on any atom is 0.332 e. The predicted octanol–water partition coefficient (Wildman–Crippen LogP) is 9.63. The van der Waals surface area contributed by atoms with Gasteiger partial charge in [-0.1, -0.05) is 159 Å². The second kappa shape index (κ2) is 10.9. The molecule has 1 spiro atoms. The third-order valence-corrected chi connectivity index (χ3v) is 20.1. The van der Waals surface area contributed by atoms with Crippen LogP contribution in [0.2, 0.25) is 0 Å². The summed E-state index contributed by atoms with van der Waals surface area (Å²) in [6.07, 6.45) is 0. The van der Waals surface area contributed by atoms with Gasteiger partial charge in [-0.3, -0.25) is 0 Å². The molecule has 14 rings (SSSR count). The molecular formula is C56H41BN2Si. The van der Waals surface area contributed by atoms with Gasteiger partial charge < -0.3 is 9.38 Å². The van der Waals surface area contributed by atoms with Crippen molar-refractivity contribution >= 4 is 74.6 Å². The zero-order valence-corrected chi connectivity index (χ0v) is 35.5. The van der Waals surface area contributed by atoms with Crippen LogP contribution in [-0.2, 0) is 5.41 Å². The minimum atomic E-state index is -2.79. The predicted molar refractivity (Wildman–Crippen MR) is 256 cm³/mol. The molecule has 0 N–H and O–H groups in total. The van der Waals surface area contributed by atoms with E-state index in [-0.39, 0.29) is 12.3 Å². The molecule has 4 aliphatic heterocycles. The number of para-hydroxylation sites is 3. The first-order valence-electron chi connectivity index (χ1n) is 21.6. The van der Waals surface area contributed by atoms with Gasteiger partial charge in [-0.05, 0) is 121 Å². The Morgan fingerprint density at radius 2 is 1.13 bits per heavy atom. The SMILES string of the molecule is Cc1cc(C)c(-c2cc3c4c(c2)N2c5ccccc5[Si]5(c6ccccc6-c6ccccc65)c5cccc(c52)B4n2c4c(c5cccc-3c52)-c2ccccc2C4(C)C)c(C)c1. The van der Waals surface area contributed by atoms with E-state index in [0.717, 1.165) is 0 Å². The van der Waals surface area contributed by atoms with Crippen LogP contribution in [0.5, 0.6) is 0 Å². The van der Waals surface area contributed by atoms with E-state index in [1.807, 2.05) is 0 Å². The van der Waals surface area contributed by atoms with Crippen LogP contribution in [0.3, 0.4) is 0 Å². The second-order valence-electron chi connectivity index (χ2n) is 18.5. The van der Waals surface area contributed by atoms with Crippen LogP contribution in [0.1, 0.15) is 41.8 Å². The monoisotopic (exact) mass is 780 g/mol. The molecule has 1 aliphatic carbocycles. The van der Waals surface area contributed by atoms with Gasteiger partial charge in [-0.2, -0.15) is 0 Å². The molecule has 1 aromatic heterocycles. The molecule has 2 nitrogen and oxygen atoms in total. The number of aryl methyl sites for hydroxylation is 3. The molecular weight excluding hydrogens is 740 g/mol. The van der Waals surface area contributed by atoms with Gasteiger partial charge in [-0.25, -0.2) is 0 Å². The number of fused-ring (bicyclic) bond motifs is 18. The molecule has 0 bridgehead atoms. The lowest BCUT2D eigenvalue weighted by molar-refractivity contribution is 0.632. The molecule has 0 radical (unpaired) electrons. The summed E-state index contributed by atoms with van der Waals surface area (Å²) in [6, 6.07) is 61.7. The number of hydrogen-bond acceptors (Lipinski definition) is 1. The summed E-state index contributed by atoms with van der Waals surface area (Å²) in [7, 11) is -2.79. The van der Waals surface area contributed by atoms with Crippen molar-refractivity contribution in [2.24, 2.45) is 0 Å². The molecule has 60 heavy (non-hydrogen) atoms. The highest BCUT2D eigenvalue weighted by atomic mass is 28.3. The fourth-order valence-corrected chi connectivity index (χ4v) is 18.8. The van der Waals surface area contributed by atoms with E-state index >= 15 is 0 Å². The Morgan fingerprint density at radius 1 is 0.517 bits per heavy atom. The van der Waals surface area contributed by atoms with Gasteiger partial charge in [0.1, 0.15) is 0 Å². The fourth-order valence-electron chi connectivity index (χ4n) is 13.3. The molecule has 5 heterocycles. The summed E-state index contributed by atoms with van der Waals surface area (Å²) in [5, 5.41) is 7.35. The minimum Gasteiger partial charge on any atom is -0.378 e. The second-order valence-corrected chi connectivity index (χ2v) is 22.2. The van der Waals surface area contributed by atoms with Crippen LogP contribution < -0.4 is 36.6 Å². The maximum absolute atomic E-state index is 2.83. The van der Waals surface area contributed by atoms with Gasteiger partial charge >= 0.3 is 6.85 Å². The molecule has 0 amide bonds. The third-order valence-electron chi connectivity index (χ3n) is 15.2. The van der Waals surface area contributed by atoms with Crippen LogP contribution in [0.4, 0.5) is 17.1 Å². The Bertz CT molecular complexity index is 3410. The van der Waals surface area contributed by atoms with Gasteiger partial charge in [0, 0.05) is 50.2 Å². The Kier molecular flexibility index (Phi) is 6.07. The highest BCUT2D eigenvalue weighted by Gasteiger charge is 2.57. The van der Waals surface area contributed by atoms with Crippen molar-refractivity contribution in [2.45, 2.75) is 40.0 Å². The molecule has 8 aromatic carbocycles. The summed E-state index contributed by atoms with van der Waals surface area (Å²) < 4.78 is 2.83. The quantitative estimate of drug-likeness (QED) is 0.151. The Labute approximate surface area is 352 Å². The highest BCUT2D eigenvalue weighted by molar-refractivity contribution is 7.24. The van der Waals surface area contributed by atoms with Crippen LogP contribution in [0, 0.1) is 20.8 Å². The number of nitrogens with zero attached hydrogens (tertiary/aromatic N) is 2. The molecule has 0 fully saturated rings. The van der Waals surface area contributed by atoms with Gasteiger partial charge in [0.2, 0.25) is 0 Å². The number of anilines is 3. The summed E-state index contributed by atoms with van der Waals surface area (Å²) in [5.74, 6) is 0. The van der Waals surface area contributed by atoms with E-state index in [9.17, 15) is 0 Å². The normalized spacial score (nSPS) is 15.6. The van der Waals surface area contributed by atoms with Crippen LogP contribution in [-0.4, -0.2) is 19.4 Å². The van der Waals surface area contributed by atoms with E-state index in [4.69, 9.17) is 0 Å². The molecule has 282 valence electrons.